The van der Waals surface area contributed by atoms with Gasteiger partial charge < -0.3 is 14.4 Å². The summed E-state index contributed by atoms with van der Waals surface area (Å²) in [6, 6.07) is 10.1. The number of carbonyl (C=O) groups is 1. The lowest BCUT2D eigenvalue weighted by molar-refractivity contribution is -0.177. The first kappa shape index (κ1) is 15.0. The van der Waals surface area contributed by atoms with Crippen LogP contribution in [0.25, 0.3) is 5.57 Å². The second-order valence-electron chi connectivity index (χ2n) is 5.85. The molecule has 2 heterocycles. The van der Waals surface area contributed by atoms with Gasteiger partial charge in [-0.25, -0.2) is 0 Å². The van der Waals surface area contributed by atoms with Crippen molar-refractivity contribution in [2.24, 2.45) is 0 Å². The number of amides is 1. The van der Waals surface area contributed by atoms with Gasteiger partial charge in [-0.15, -0.1) is 0 Å². The fourth-order valence-corrected chi connectivity index (χ4v) is 3.22. The maximum atomic E-state index is 12.2. The molecule has 1 fully saturated rings. The number of methoxy groups -OCH3 is 1. The van der Waals surface area contributed by atoms with E-state index in [9.17, 15) is 4.79 Å². The van der Waals surface area contributed by atoms with Crippen LogP contribution in [-0.2, 0) is 14.3 Å². The molecule has 4 nitrogen and oxygen atoms in total. The van der Waals surface area contributed by atoms with E-state index in [1.807, 2.05) is 30.0 Å². The molecule has 1 amide bonds. The molecule has 0 N–H and O–H groups in total. The minimum Gasteiger partial charge on any atom is -0.369 e. The molecule has 2 aliphatic rings. The van der Waals surface area contributed by atoms with Gasteiger partial charge in [-0.1, -0.05) is 48.6 Å². The fraction of sp³-hybridized carbons (Fsp3) is 0.389. The average Bonchev–Trinajstić information content (AvgIpc) is 2.99. The van der Waals surface area contributed by atoms with Gasteiger partial charge in [0.15, 0.2) is 6.10 Å². The van der Waals surface area contributed by atoms with E-state index in [4.69, 9.17) is 9.47 Å². The highest BCUT2D eigenvalue weighted by molar-refractivity contribution is 5.90. The molecule has 1 saturated heterocycles. The average molecular weight is 299 g/mol. The van der Waals surface area contributed by atoms with Gasteiger partial charge in [-0.2, -0.15) is 0 Å². The molecule has 2 aliphatic heterocycles. The summed E-state index contributed by atoms with van der Waals surface area (Å²) in [6.45, 7) is 6.95. The molecule has 4 heteroatoms. The van der Waals surface area contributed by atoms with E-state index in [0.717, 1.165) is 16.7 Å². The molecule has 0 aliphatic carbocycles. The standard InChI is InChI=1S/C18H21NO3/c1-12(2)11-19-15(17(21-3)18(19)20)16-14(9-10-22-16)13-7-5-4-6-8-13/h4-9,15-17H,1,10-11H2,2-3H3/t15-,16+,17+/m1/s1. The van der Waals surface area contributed by atoms with Crippen molar-refractivity contribution in [3.8, 4) is 0 Å². The first-order valence-corrected chi connectivity index (χ1v) is 7.48. The third-order valence-electron chi connectivity index (χ3n) is 4.19. The molecular weight excluding hydrogens is 278 g/mol. The Balaban J connectivity index is 1.86. The Hall–Kier alpha value is -1.91. The lowest BCUT2D eigenvalue weighted by Gasteiger charge is -2.49. The quantitative estimate of drug-likeness (QED) is 0.618. The molecule has 0 unspecified atom stereocenters. The Labute approximate surface area is 131 Å². The second kappa shape index (κ2) is 6.07. The Kier molecular flexibility index (Phi) is 4.14. The summed E-state index contributed by atoms with van der Waals surface area (Å²) in [5.41, 5.74) is 3.22. The summed E-state index contributed by atoms with van der Waals surface area (Å²) in [5, 5.41) is 0. The molecule has 0 bridgehead atoms. The second-order valence-corrected chi connectivity index (χ2v) is 5.85. The number of rotatable bonds is 5. The van der Waals surface area contributed by atoms with Crippen LogP contribution in [0.3, 0.4) is 0 Å². The van der Waals surface area contributed by atoms with Crippen molar-refractivity contribution in [2.75, 3.05) is 20.3 Å². The fourth-order valence-electron chi connectivity index (χ4n) is 3.22. The van der Waals surface area contributed by atoms with Crippen molar-refractivity contribution in [1.29, 1.82) is 0 Å². The summed E-state index contributed by atoms with van der Waals surface area (Å²) in [6.07, 6.45) is 1.51. The van der Waals surface area contributed by atoms with E-state index >= 15 is 0 Å². The zero-order chi connectivity index (χ0) is 15.7. The number of likely N-dealkylation sites (tertiary alicyclic amines) is 1. The van der Waals surface area contributed by atoms with E-state index in [0.29, 0.717) is 13.2 Å². The molecule has 3 rings (SSSR count). The molecule has 22 heavy (non-hydrogen) atoms. The highest BCUT2D eigenvalue weighted by Crippen LogP contribution is 2.36. The molecule has 0 saturated carbocycles. The van der Waals surface area contributed by atoms with Crippen LogP contribution < -0.4 is 0 Å². The molecule has 3 atom stereocenters. The lowest BCUT2D eigenvalue weighted by atomic mass is 9.86. The van der Waals surface area contributed by atoms with Crippen molar-refractivity contribution >= 4 is 11.5 Å². The summed E-state index contributed by atoms with van der Waals surface area (Å²) >= 11 is 0. The highest BCUT2D eigenvalue weighted by Gasteiger charge is 2.53. The van der Waals surface area contributed by atoms with E-state index in [1.165, 1.54) is 0 Å². The molecular formula is C18H21NO3. The van der Waals surface area contributed by atoms with E-state index in [2.05, 4.69) is 24.8 Å². The predicted octanol–water partition coefficient (Wildman–Crippen LogP) is 2.27. The minimum atomic E-state index is -0.436. The smallest absolute Gasteiger partial charge is 0.254 e. The number of benzene rings is 1. The number of hydrogen-bond acceptors (Lipinski definition) is 3. The topological polar surface area (TPSA) is 38.8 Å². The summed E-state index contributed by atoms with van der Waals surface area (Å²) < 4.78 is 11.3. The van der Waals surface area contributed by atoms with E-state index in [1.54, 1.807) is 7.11 Å². The van der Waals surface area contributed by atoms with Gasteiger partial charge in [0.2, 0.25) is 0 Å². The lowest BCUT2D eigenvalue weighted by Crippen LogP contribution is -2.69. The van der Waals surface area contributed by atoms with Crippen LogP contribution >= 0.6 is 0 Å². The van der Waals surface area contributed by atoms with Crippen molar-refractivity contribution in [2.45, 2.75) is 25.2 Å². The van der Waals surface area contributed by atoms with Gasteiger partial charge in [0.1, 0.15) is 6.10 Å². The summed E-state index contributed by atoms with van der Waals surface area (Å²) in [7, 11) is 1.58. The number of β-lactam (4-membered cyclic amide) rings is 1. The first-order valence-electron chi connectivity index (χ1n) is 7.48. The van der Waals surface area contributed by atoms with Crippen LogP contribution in [0, 0.1) is 0 Å². The Morgan fingerprint density at radius 1 is 1.41 bits per heavy atom. The van der Waals surface area contributed by atoms with Gasteiger partial charge in [-0.05, 0) is 18.1 Å². The monoisotopic (exact) mass is 299 g/mol. The normalized spacial score (nSPS) is 27.5. The Morgan fingerprint density at radius 2 is 2.14 bits per heavy atom. The molecule has 0 radical (unpaired) electrons. The van der Waals surface area contributed by atoms with Crippen LogP contribution in [0.2, 0.25) is 0 Å². The van der Waals surface area contributed by atoms with Gasteiger partial charge in [0.25, 0.3) is 5.91 Å². The number of ether oxygens (including phenoxy) is 2. The van der Waals surface area contributed by atoms with Crippen molar-refractivity contribution < 1.29 is 14.3 Å². The third-order valence-corrected chi connectivity index (χ3v) is 4.19. The van der Waals surface area contributed by atoms with Crippen molar-refractivity contribution in [3.63, 3.8) is 0 Å². The summed E-state index contributed by atoms with van der Waals surface area (Å²) in [5.74, 6) is 0.0124. The summed E-state index contributed by atoms with van der Waals surface area (Å²) in [4.78, 5) is 14.0. The molecule has 0 aromatic heterocycles. The molecule has 1 aromatic rings. The van der Waals surface area contributed by atoms with Crippen LogP contribution in [-0.4, -0.2) is 49.3 Å². The maximum absolute atomic E-state index is 12.2. The third kappa shape index (κ3) is 2.49. The zero-order valence-electron chi connectivity index (χ0n) is 13.0. The predicted molar refractivity (Wildman–Crippen MR) is 85.3 cm³/mol. The number of carbonyl (C=O) groups excluding carboxylic acids is 1. The molecule has 1 aromatic carbocycles. The van der Waals surface area contributed by atoms with E-state index < -0.39 is 6.10 Å². The molecule has 116 valence electrons. The van der Waals surface area contributed by atoms with Crippen molar-refractivity contribution in [1.82, 2.24) is 4.90 Å². The van der Waals surface area contributed by atoms with E-state index in [-0.39, 0.29) is 18.1 Å². The first-order chi connectivity index (χ1) is 10.6. The number of nitrogens with zero attached hydrogens (tertiary/aromatic N) is 1. The maximum Gasteiger partial charge on any atom is 0.254 e. The van der Waals surface area contributed by atoms with Crippen LogP contribution in [0.5, 0.6) is 0 Å². The Bertz CT molecular complexity index is 608. The highest BCUT2D eigenvalue weighted by atomic mass is 16.5. The van der Waals surface area contributed by atoms with Gasteiger partial charge >= 0.3 is 0 Å². The van der Waals surface area contributed by atoms with Crippen LogP contribution in [0.1, 0.15) is 12.5 Å². The minimum absolute atomic E-state index is 0.0124. The van der Waals surface area contributed by atoms with Gasteiger partial charge in [-0.3, -0.25) is 4.79 Å². The molecule has 0 spiro atoms. The van der Waals surface area contributed by atoms with Crippen LogP contribution in [0.15, 0.2) is 48.6 Å². The van der Waals surface area contributed by atoms with Crippen molar-refractivity contribution in [3.05, 3.63) is 54.1 Å². The van der Waals surface area contributed by atoms with Gasteiger partial charge in [0.05, 0.1) is 12.6 Å². The zero-order valence-corrected chi connectivity index (χ0v) is 13.0. The van der Waals surface area contributed by atoms with Gasteiger partial charge in [0, 0.05) is 13.7 Å². The SMILES string of the molecule is C=C(C)CN1C(=O)[C@@H](OC)[C@H]1[C@H]1OCC=C1c1ccccc1. The number of hydrogen-bond donors (Lipinski definition) is 0. The Morgan fingerprint density at radius 3 is 2.77 bits per heavy atom. The largest absolute Gasteiger partial charge is 0.369 e. The van der Waals surface area contributed by atoms with Crippen LogP contribution in [0.4, 0.5) is 0 Å².